The van der Waals surface area contributed by atoms with E-state index in [4.69, 9.17) is 0 Å². The summed E-state index contributed by atoms with van der Waals surface area (Å²) in [5, 5.41) is 2.99. The van der Waals surface area contributed by atoms with Crippen LogP contribution < -0.4 is 10.6 Å². The Bertz CT molecular complexity index is 1720. The molecule has 0 radical (unpaired) electrons. The van der Waals surface area contributed by atoms with E-state index in [0.717, 1.165) is 12.3 Å². The molecule has 0 saturated heterocycles. The van der Waals surface area contributed by atoms with Gasteiger partial charge < -0.3 is 0 Å². The number of pyridine rings is 2. The molecule has 3 aromatic carbocycles. The summed E-state index contributed by atoms with van der Waals surface area (Å²) in [6, 6.07) is 36.1. The Morgan fingerprint density at radius 1 is 0.479 bits per heavy atom. The Morgan fingerprint density at radius 2 is 0.875 bits per heavy atom. The van der Waals surface area contributed by atoms with Gasteiger partial charge in [0.25, 0.3) is 0 Å². The third-order valence-electron chi connectivity index (χ3n) is 9.87. The van der Waals surface area contributed by atoms with Crippen molar-refractivity contribution in [3.8, 4) is 0 Å². The molecular formula is C44H54N2P2. The van der Waals surface area contributed by atoms with Crippen molar-refractivity contribution in [3.63, 3.8) is 0 Å². The molecule has 2 aromatic heterocycles. The molecule has 0 N–H and O–H groups in total. The van der Waals surface area contributed by atoms with Crippen molar-refractivity contribution in [1.82, 2.24) is 9.97 Å². The van der Waals surface area contributed by atoms with E-state index in [2.05, 4.69) is 189 Å². The van der Waals surface area contributed by atoms with Crippen LogP contribution in [0.15, 0.2) is 122 Å². The normalized spacial score (nSPS) is 12.9. The van der Waals surface area contributed by atoms with Crippen molar-refractivity contribution in [2.45, 2.75) is 103 Å². The van der Waals surface area contributed by atoms with Gasteiger partial charge in [-0.1, -0.05) is 162 Å². The van der Waals surface area contributed by atoms with Crippen LogP contribution in [-0.4, -0.2) is 20.3 Å². The zero-order valence-corrected chi connectivity index (χ0v) is 32.5. The Balaban J connectivity index is 1.82. The molecule has 2 nitrogen and oxygen atoms in total. The first-order valence-electron chi connectivity index (χ1n) is 17.2. The summed E-state index contributed by atoms with van der Waals surface area (Å²) in [4.78, 5) is 9.17. The summed E-state index contributed by atoms with van der Waals surface area (Å²) in [7, 11) is -1.10. The lowest BCUT2D eigenvalue weighted by Crippen LogP contribution is -2.30. The van der Waals surface area contributed by atoms with Crippen LogP contribution in [0, 0.1) is 0 Å². The fourth-order valence-corrected chi connectivity index (χ4v) is 13.1. The predicted molar refractivity (Wildman–Crippen MR) is 212 cm³/mol. The minimum absolute atomic E-state index is 0.195. The molecule has 0 amide bonds. The van der Waals surface area contributed by atoms with E-state index >= 15 is 0 Å². The molecule has 0 saturated carbocycles. The van der Waals surface area contributed by atoms with Crippen LogP contribution in [0.5, 0.6) is 0 Å². The van der Waals surface area contributed by atoms with Crippen LogP contribution >= 0.6 is 15.8 Å². The van der Waals surface area contributed by atoms with Crippen LogP contribution in [0.1, 0.15) is 103 Å². The molecule has 0 spiro atoms. The third-order valence-corrected chi connectivity index (χ3v) is 16.2. The molecule has 5 aromatic rings. The van der Waals surface area contributed by atoms with Gasteiger partial charge in [0, 0.05) is 41.8 Å². The Morgan fingerprint density at radius 3 is 1.23 bits per heavy atom. The average molecular weight is 673 g/mol. The molecule has 250 valence electrons. The first-order valence-corrected chi connectivity index (χ1v) is 20.3. The van der Waals surface area contributed by atoms with Crippen molar-refractivity contribution >= 4 is 26.5 Å². The second-order valence-corrected chi connectivity index (χ2v) is 22.1. The number of hydrogen-bond donors (Lipinski definition) is 0. The van der Waals surface area contributed by atoms with Gasteiger partial charge in [0.05, 0.1) is 0 Å². The van der Waals surface area contributed by atoms with Crippen molar-refractivity contribution in [2.75, 3.05) is 0 Å². The Labute approximate surface area is 293 Å². The van der Waals surface area contributed by atoms with Crippen molar-refractivity contribution in [1.29, 1.82) is 0 Å². The molecule has 0 bridgehead atoms. The summed E-state index contributed by atoms with van der Waals surface area (Å²) in [6.07, 6.45) is 9.93. The van der Waals surface area contributed by atoms with E-state index in [1.807, 2.05) is 12.4 Å². The highest BCUT2D eigenvalue weighted by Crippen LogP contribution is 2.62. The lowest BCUT2D eigenvalue weighted by molar-refractivity contribution is 0.577. The van der Waals surface area contributed by atoms with Gasteiger partial charge in [-0.05, 0) is 80.5 Å². The minimum Gasteiger partial charge on any atom is -0.264 e. The van der Waals surface area contributed by atoms with Crippen LogP contribution in [0.3, 0.4) is 0 Å². The summed E-state index contributed by atoms with van der Waals surface area (Å²) in [5.41, 5.74) is 8.06. The largest absolute Gasteiger partial charge is 0.264 e. The molecular weight excluding hydrogens is 618 g/mol. The van der Waals surface area contributed by atoms with Gasteiger partial charge in [-0.3, -0.25) is 9.97 Å². The maximum atomic E-state index is 4.58. The number of rotatable bonds is 10. The first-order chi connectivity index (χ1) is 22.6. The van der Waals surface area contributed by atoms with Crippen molar-refractivity contribution in [3.05, 3.63) is 155 Å². The monoisotopic (exact) mass is 672 g/mol. The lowest BCUT2D eigenvalue weighted by Gasteiger charge is -2.43. The van der Waals surface area contributed by atoms with Crippen LogP contribution in [-0.2, 0) is 23.2 Å². The first kappa shape index (κ1) is 36.1. The average Bonchev–Trinajstić information content (AvgIpc) is 3.06. The zero-order chi connectivity index (χ0) is 34.7. The molecule has 0 aliphatic rings. The van der Waals surface area contributed by atoms with Gasteiger partial charge in [0.2, 0.25) is 0 Å². The van der Waals surface area contributed by atoms with Crippen LogP contribution in [0.2, 0.25) is 0 Å². The standard InChI is InChI=1S/C44H54N2P2/c1-41(2,3)48(42(4,5)6)32-34-28-40(44(9,10)36-21-15-12-16-22-36)39(43(7,8)35-19-13-11-14-20-35)27-33(34)31-47(37-23-17-25-45-29-37)38-24-18-26-46-30-38/h11-30H,31-32H2,1-10H3. The molecule has 0 fully saturated rings. The SMILES string of the molecule is CC(C)(c1ccccc1)c1cc(CP(c2cccnc2)c2cccnc2)c(CP(C(C)(C)C)C(C)(C)C)cc1C(C)(C)c1ccccc1. The Kier molecular flexibility index (Phi) is 10.8. The third kappa shape index (κ3) is 7.99. The van der Waals surface area contributed by atoms with Crippen molar-refractivity contribution in [2.24, 2.45) is 0 Å². The minimum atomic E-state index is -0.726. The second kappa shape index (κ2) is 14.4. The second-order valence-electron chi connectivity index (χ2n) is 16.1. The van der Waals surface area contributed by atoms with Crippen LogP contribution in [0.25, 0.3) is 0 Å². The van der Waals surface area contributed by atoms with Crippen molar-refractivity contribution < 1.29 is 0 Å². The van der Waals surface area contributed by atoms with E-state index in [9.17, 15) is 0 Å². The molecule has 5 rings (SSSR count). The number of benzene rings is 3. The molecule has 2 heterocycles. The van der Waals surface area contributed by atoms with E-state index in [1.165, 1.54) is 44.0 Å². The van der Waals surface area contributed by atoms with E-state index in [0.29, 0.717) is 0 Å². The van der Waals surface area contributed by atoms with Gasteiger partial charge in [0.15, 0.2) is 0 Å². The molecule has 0 atom stereocenters. The lowest BCUT2D eigenvalue weighted by atomic mass is 9.67. The maximum absolute atomic E-state index is 4.58. The number of nitrogens with zero attached hydrogens (tertiary/aromatic N) is 2. The highest BCUT2D eigenvalue weighted by molar-refractivity contribution is 7.72. The number of hydrogen-bond acceptors (Lipinski definition) is 2. The maximum Gasteiger partial charge on any atom is 0.0348 e. The zero-order valence-electron chi connectivity index (χ0n) is 30.8. The topological polar surface area (TPSA) is 25.8 Å². The van der Waals surface area contributed by atoms with Gasteiger partial charge in [-0.15, -0.1) is 0 Å². The molecule has 4 heteroatoms. The van der Waals surface area contributed by atoms with Gasteiger partial charge >= 0.3 is 0 Å². The van der Waals surface area contributed by atoms with E-state index < -0.39 is 7.92 Å². The smallest absolute Gasteiger partial charge is 0.0348 e. The molecule has 0 aliphatic carbocycles. The molecule has 0 unspecified atom stereocenters. The fourth-order valence-electron chi connectivity index (χ4n) is 7.22. The van der Waals surface area contributed by atoms with Gasteiger partial charge in [-0.2, -0.15) is 0 Å². The summed E-state index contributed by atoms with van der Waals surface area (Å²) in [6.45, 7) is 24.3. The van der Waals surface area contributed by atoms with Crippen LogP contribution in [0.4, 0.5) is 0 Å². The van der Waals surface area contributed by atoms with Gasteiger partial charge in [0.1, 0.15) is 0 Å². The highest BCUT2D eigenvalue weighted by Gasteiger charge is 2.38. The molecule has 48 heavy (non-hydrogen) atoms. The Hall–Kier alpha value is -3.18. The summed E-state index contributed by atoms with van der Waals surface area (Å²) < 4.78 is 0. The quantitative estimate of drug-likeness (QED) is 0.138. The van der Waals surface area contributed by atoms with E-state index in [1.54, 1.807) is 0 Å². The van der Waals surface area contributed by atoms with Gasteiger partial charge in [-0.25, -0.2) is 0 Å². The predicted octanol–water partition coefficient (Wildman–Crippen LogP) is 11.3. The fraction of sp³-hybridized carbons (Fsp3) is 0.364. The summed E-state index contributed by atoms with van der Waals surface area (Å²) in [5.74, 6) is 0. The van der Waals surface area contributed by atoms with E-state index in [-0.39, 0.29) is 29.1 Å². The molecule has 0 aliphatic heterocycles. The summed E-state index contributed by atoms with van der Waals surface area (Å²) >= 11 is 0. The highest BCUT2D eigenvalue weighted by atomic mass is 31.1. The number of aromatic nitrogens is 2.